The topological polar surface area (TPSA) is 43.7 Å². The van der Waals surface area contributed by atoms with Gasteiger partial charge in [-0.2, -0.15) is 0 Å². The summed E-state index contributed by atoms with van der Waals surface area (Å²) in [4.78, 5) is 2.42. The van der Waals surface area contributed by atoms with Gasteiger partial charge in [-0.05, 0) is 64.5 Å². The van der Waals surface area contributed by atoms with E-state index in [1.807, 2.05) is 0 Å². The summed E-state index contributed by atoms with van der Waals surface area (Å²) in [5.74, 6) is 1.47. The summed E-state index contributed by atoms with van der Waals surface area (Å²) in [6.45, 7) is 6.14. The molecule has 1 saturated carbocycles. The van der Waals surface area contributed by atoms with Gasteiger partial charge in [-0.3, -0.25) is 0 Å². The summed E-state index contributed by atoms with van der Waals surface area (Å²) >= 11 is 0. The van der Waals surface area contributed by atoms with Crippen LogP contribution in [0.4, 0.5) is 0 Å². The van der Waals surface area contributed by atoms with Crippen LogP contribution in [0.5, 0.6) is 0 Å². The third-order valence-corrected chi connectivity index (χ3v) is 4.63. The molecule has 2 rings (SSSR count). The van der Waals surface area contributed by atoms with Gasteiger partial charge in [-0.15, -0.1) is 0 Å². The van der Waals surface area contributed by atoms with Crippen molar-refractivity contribution in [3.8, 4) is 0 Å². The van der Waals surface area contributed by atoms with Crippen molar-refractivity contribution in [3.05, 3.63) is 0 Å². The average Bonchev–Trinajstić information content (AvgIpc) is 2.28. The Morgan fingerprint density at radius 2 is 1.72 bits per heavy atom. The third-order valence-electron chi connectivity index (χ3n) is 4.63. The van der Waals surface area contributed by atoms with E-state index in [0.29, 0.717) is 12.6 Å². The van der Waals surface area contributed by atoms with E-state index in [0.717, 1.165) is 31.1 Å². The van der Waals surface area contributed by atoms with E-state index >= 15 is 0 Å². The van der Waals surface area contributed by atoms with Gasteiger partial charge in [0.2, 0.25) is 0 Å². The number of piperidine rings is 1. The first kappa shape index (κ1) is 18.6. The summed E-state index contributed by atoms with van der Waals surface area (Å²) < 4.78 is 0. The maximum Gasteiger partial charge on any atom is 0.0540 e. The van der Waals surface area contributed by atoms with Crippen LogP contribution in [-0.2, 0) is 21.1 Å². The molecule has 0 aromatic heterocycles. The zero-order chi connectivity index (χ0) is 12.8. The summed E-state index contributed by atoms with van der Waals surface area (Å²) in [7, 11) is 2.19. The molecule has 0 spiro atoms. The van der Waals surface area contributed by atoms with Crippen molar-refractivity contribution in [3.63, 3.8) is 0 Å². The molecule has 2 N–H and O–H groups in total. The van der Waals surface area contributed by atoms with Gasteiger partial charge >= 0.3 is 0 Å². The van der Waals surface area contributed by atoms with Gasteiger partial charge in [0.05, 0.1) is 6.10 Å². The van der Waals surface area contributed by atoms with Gasteiger partial charge in [-0.1, -0.05) is 6.92 Å². The van der Waals surface area contributed by atoms with Gasteiger partial charge in [0.25, 0.3) is 0 Å². The second kappa shape index (κ2) is 9.47. The van der Waals surface area contributed by atoms with Crippen LogP contribution in [0.1, 0.15) is 46.0 Å². The zero-order valence-electron chi connectivity index (χ0n) is 12.0. The van der Waals surface area contributed by atoms with Crippen LogP contribution in [0.25, 0.3) is 0 Å². The maximum atomic E-state index is 8.87. The molecule has 0 radical (unpaired) electrons. The second-order valence-electron chi connectivity index (χ2n) is 5.73. The molecular formula is C14H29NO2W. The number of aliphatic hydroxyl groups excluding tert-OH is 2. The Kier molecular flexibility index (Phi) is 9.77. The van der Waals surface area contributed by atoms with Crippen LogP contribution in [0.15, 0.2) is 0 Å². The Labute approximate surface area is 126 Å². The minimum atomic E-state index is 0. The standard InChI is InChI=1S/C10H21NO.C4H8O.W/c1-8-9(2)11(3)6-4-10(8)5-7-12;5-4-2-1-3-4;/h8-10,12H,4-7H2,1-3H3;4-5H,1-3H2;. The van der Waals surface area contributed by atoms with Crippen molar-refractivity contribution in [2.24, 2.45) is 11.8 Å². The van der Waals surface area contributed by atoms with E-state index in [1.54, 1.807) is 0 Å². The van der Waals surface area contributed by atoms with Gasteiger partial charge in [0, 0.05) is 33.7 Å². The molecule has 0 aromatic rings. The van der Waals surface area contributed by atoms with E-state index in [4.69, 9.17) is 10.2 Å². The van der Waals surface area contributed by atoms with Crippen LogP contribution >= 0.6 is 0 Å². The Balaban J connectivity index is 0.000000405. The quantitative estimate of drug-likeness (QED) is 0.708. The molecule has 1 saturated heterocycles. The number of hydrogen-bond acceptors (Lipinski definition) is 3. The molecule has 0 aromatic carbocycles. The van der Waals surface area contributed by atoms with Gasteiger partial charge < -0.3 is 15.1 Å². The number of hydrogen-bond donors (Lipinski definition) is 2. The summed E-state index contributed by atoms with van der Waals surface area (Å²) in [5.41, 5.74) is 0. The first-order chi connectivity index (χ1) is 8.06. The summed E-state index contributed by atoms with van der Waals surface area (Å²) in [5, 5.41) is 17.3. The molecule has 1 aliphatic carbocycles. The maximum absolute atomic E-state index is 8.87. The van der Waals surface area contributed by atoms with E-state index in [9.17, 15) is 0 Å². The monoisotopic (exact) mass is 427 g/mol. The smallest absolute Gasteiger partial charge is 0.0540 e. The minimum absolute atomic E-state index is 0. The Bertz CT molecular complexity index is 212. The van der Waals surface area contributed by atoms with Crippen molar-refractivity contribution in [1.29, 1.82) is 0 Å². The molecule has 2 aliphatic rings. The number of nitrogens with zero attached hydrogens (tertiary/aromatic N) is 1. The van der Waals surface area contributed by atoms with Crippen molar-refractivity contribution in [1.82, 2.24) is 4.90 Å². The predicted molar refractivity (Wildman–Crippen MR) is 70.9 cm³/mol. The second-order valence-corrected chi connectivity index (χ2v) is 5.73. The molecule has 2 fully saturated rings. The van der Waals surface area contributed by atoms with Crippen LogP contribution in [0, 0.1) is 11.8 Å². The number of likely N-dealkylation sites (tertiary alicyclic amines) is 1. The summed E-state index contributed by atoms with van der Waals surface area (Å²) in [6.07, 6.45) is 5.62. The normalized spacial score (nSPS) is 32.8. The van der Waals surface area contributed by atoms with E-state index in [1.165, 1.54) is 19.4 Å². The largest absolute Gasteiger partial charge is 0.396 e. The predicted octanol–water partition coefficient (Wildman–Crippen LogP) is 1.87. The Morgan fingerprint density at radius 1 is 1.17 bits per heavy atom. The number of aliphatic hydroxyl groups is 2. The van der Waals surface area contributed by atoms with E-state index < -0.39 is 0 Å². The zero-order valence-corrected chi connectivity index (χ0v) is 14.9. The number of rotatable bonds is 2. The first-order valence-electron chi connectivity index (χ1n) is 7.05. The molecule has 108 valence electrons. The molecule has 3 unspecified atom stereocenters. The fourth-order valence-electron chi connectivity index (χ4n) is 2.59. The SMILES string of the molecule is CC1C(CCO)CCN(C)C1C.OC1CCC1.[W]. The van der Waals surface area contributed by atoms with Crippen molar-refractivity contribution < 1.29 is 31.3 Å². The molecule has 1 heterocycles. The fourth-order valence-corrected chi connectivity index (χ4v) is 2.59. The van der Waals surface area contributed by atoms with Crippen molar-refractivity contribution >= 4 is 0 Å². The van der Waals surface area contributed by atoms with Crippen molar-refractivity contribution in [2.75, 3.05) is 20.2 Å². The molecule has 3 nitrogen and oxygen atoms in total. The molecule has 0 amide bonds. The van der Waals surface area contributed by atoms with E-state index in [-0.39, 0.29) is 27.2 Å². The minimum Gasteiger partial charge on any atom is -0.396 e. The Morgan fingerprint density at radius 3 is 2.11 bits per heavy atom. The Hall–Kier alpha value is 0.568. The molecule has 1 aliphatic heterocycles. The summed E-state index contributed by atoms with van der Waals surface area (Å²) in [6, 6.07) is 0.676. The molecule has 3 atom stereocenters. The first-order valence-corrected chi connectivity index (χ1v) is 7.05. The van der Waals surface area contributed by atoms with Gasteiger partial charge in [0.15, 0.2) is 0 Å². The van der Waals surface area contributed by atoms with Crippen LogP contribution in [-0.4, -0.2) is 47.5 Å². The van der Waals surface area contributed by atoms with E-state index in [2.05, 4.69) is 25.8 Å². The molecule has 0 bridgehead atoms. The van der Waals surface area contributed by atoms with Crippen LogP contribution in [0.2, 0.25) is 0 Å². The van der Waals surface area contributed by atoms with Crippen molar-refractivity contribution in [2.45, 2.75) is 58.1 Å². The third kappa shape index (κ3) is 5.69. The fraction of sp³-hybridized carbons (Fsp3) is 1.00. The molecular weight excluding hydrogens is 398 g/mol. The van der Waals surface area contributed by atoms with Crippen LogP contribution < -0.4 is 0 Å². The van der Waals surface area contributed by atoms with Gasteiger partial charge in [0.1, 0.15) is 0 Å². The molecule has 4 heteroatoms. The molecule has 18 heavy (non-hydrogen) atoms. The van der Waals surface area contributed by atoms with Gasteiger partial charge in [-0.25, -0.2) is 0 Å². The average molecular weight is 427 g/mol. The van der Waals surface area contributed by atoms with Crippen LogP contribution in [0.3, 0.4) is 0 Å².